The molecule has 0 atom stereocenters. The molecule has 0 aliphatic rings. The Labute approximate surface area is 181 Å². The van der Waals surface area contributed by atoms with Gasteiger partial charge in [-0.3, -0.25) is 0 Å². The molecule has 30 heavy (non-hydrogen) atoms. The number of nitrogens with one attached hydrogen (secondary N) is 1. The first-order chi connectivity index (χ1) is 14.5. The topological polar surface area (TPSA) is 67.2 Å². The first-order valence-electron chi connectivity index (χ1n) is 9.68. The van der Waals surface area contributed by atoms with E-state index in [9.17, 15) is 5.26 Å². The highest BCUT2D eigenvalue weighted by atomic mass is 32.1. The molecule has 0 unspecified atom stereocenters. The summed E-state index contributed by atoms with van der Waals surface area (Å²) in [5.41, 5.74) is 4.50. The summed E-state index contributed by atoms with van der Waals surface area (Å²) in [5.74, 6) is 1.89. The molecule has 0 aliphatic heterocycles. The van der Waals surface area contributed by atoms with Gasteiger partial charge in [0.1, 0.15) is 16.6 Å². The molecule has 0 spiro atoms. The van der Waals surface area contributed by atoms with Crippen LogP contribution in [0.1, 0.15) is 24.4 Å². The molecule has 1 N–H and O–H groups in total. The number of thiazole rings is 1. The molecule has 154 valence electrons. The van der Waals surface area contributed by atoms with Crippen LogP contribution in [0.3, 0.4) is 0 Å². The lowest BCUT2D eigenvalue weighted by molar-refractivity contribution is 0.355. The number of allylic oxidation sites excluding steroid dienone is 1. The molecule has 3 aromatic rings. The second kappa shape index (κ2) is 9.95. The van der Waals surface area contributed by atoms with Crippen LogP contribution in [0.25, 0.3) is 16.8 Å². The highest BCUT2D eigenvalue weighted by molar-refractivity contribution is 7.11. The summed E-state index contributed by atoms with van der Waals surface area (Å²) in [5, 5.41) is 15.4. The van der Waals surface area contributed by atoms with Crippen LogP contribution in [0, 0.1) is 17.2 Å². The van der Waals surface area contributed by atoms with Crippen LogP contribution < -0.4 is 14.8 Å². The van der Waals surface area contributed by atoms with Gasteiger partial charge in [-0.25, -0.2) is 4.98 Å². The van der Waals surface area contributed by atoms with E-state index >= 15 is 0 Å². The van der Waals surface area contributed by atoms with Crippen molar-refractivity contribution in [1.82, 2.24) is 4.98 Å². The van der Waals surface area contributed by atoms with Crippen molar-refractivity contribution in [2.75, 3.05) is 19.5 Å². The lowest BCUT2D eigenvalue weighted by Crippen LogP contribution is -1.94. The summed E-state index contributed by atoms with van der Waals surface area (Å²) >= 11 is 1.45. The molecule has 0 radical (unpaired) electrons. The summed E-state index contributed by atoms with van der Waals surface area (Å²) in [6.45, 7) is 4.43. The van der Waals surface area contributed by atoms with Crippen LogP contribution in [0.15, 0.2) is 54.0 Å². The van der Waals surface area contributed by atoms with Gasteiger partial charge < -0.3 is 14.8 Å². The Bertz CT molecular complexity index is 1060. The zero-order chi connectivity index (χ0) is 21.5. The van der Waals surface area contributed by atoms with Crippen LogP contribution in [-0.2, 0) is 6.42 Å². The summed E-state index contributed by atoms with van der Waals surface area (Å²) in [6.07, 6.45) is 2.72. The fourth-order valence-electron chi connectivity index (χ4n) is 3.04. The average Bonchev–Trinajstić information content (AvgIpc) is 3.24. The molecule has 2 aromatic carbocycles. The van der Waals surface area contributed by atoms with Crippen LogP contribution in [0.5, 0.6) is 11.5 Å². The number of ether oxygens (including phenoxy) is 2. The SMILES string of the molecule is COc1ccc(NC=C(C#N)c2nc(-c3ccc(CC(C)C)cc3)cs2)cc1OC. The van der Waals surface area contributed by atoms with Gasteiger partial charge in [-0.2, -0.15) is 5.26 Å². The third kappa shape index (κ3) is 5.19. The molecule has 0 saturated carbocycles. The van der Waals surface area contributed by atoms with Gasteiger partial charge in [0.15, 0.2) is 11.5 Å². The van der Waals surface area contributed by atoms with E-state index in [-0.39, 0.29) is 0 Å². The van der Waals surface area contributed by atoms with Crippen molar-refractivity contribution in [1.29, 1.82) is 5.26 Å². The number of methoxy groups -OCH3 is 2. The third-order valence-corrected chi connectivity index (χ3v) is 5.39. The molecule has 0 saturated heterocycles. The molecule has 6 heteroatoms. The number of hydrogen-bond donors (Lipinski definition) is 1. The number of nitriles is 1. The Kier molecular flexibility index (Phi) is 7.10. The van der Waals surface area contributed by atoms with Gasteiger partial charge >= 0.3 is 0 Å². The highest BCUT2D eigenvalue weighted by Gasteiger charge is 2.10. The van der Waals surface area contributed by atoms with Crippen LogP contribution >= 0.6 is 11.3 Å². The summed E-state index contributed by atoms with van der Waals surface area (Å²) in [4.78, 5) is 4.66. The fourth-order valence-corrected chi connectivity index (χ4v) is 3.83. The molecule has 0 bridgehead atoms. The van der Waals surface area contributed by atoms with Gasteiger partial charge in [-0.15, -0.1) is 11.3 Å². The lowest BCUT2D eigenvalue weighted by Gasteiger charge is -2.09. The van der Waals surface area contributed by atoms with Gasteiger partial charge in [0.05, 0.1) is 19.9 Å². The molecule has 0 amide bonds. The monoisotopic (exact) mass is 419 g/mol. The highest BCUT2D eigenvalue weighted by Crippen LogP contribution is 2.30. The van der Waals surface area contributed by atoms with E-state index in [4.69, 9.17) is 9.47 Å². The Hall–Kier alpha value is -3.30. The second-order valence-corrected chi connectivity index (χ2v) is 8.07. The minimum absolute atomic E-state index is 0.470. The predicted octanol–water partition coefficient (Wildman–Crippen LogP) is 6.00. The van der Waals surface area contributed by atoms with Crippen molar-refractivity contribution in [3.05, 3.63) is 64.6 Å². The maximum Gasteiger partial charge on any atom is 0.162 e. The van der Waals surface area contributed by atoms with Crippen molar-refractivity contribution in [3.63, 3.8) is 0 Å². The van der Waals surface area contributed by atoms with Gasteiger partial charge in [-0.05, 0) is 30.0 Å². The van der Waals surface area contributed by atoms with E-state index in [1.54, 1.807) is 20.4 Å². The molecular formula is C24H25N3O2S. The number of hydrogen-bond acceptors (Lipinski definition) is 6. The summed E-state index contributed by atoms with van der Waals surface area (Å²) in [6, 6.07) is 16.2. The van der Waals surface area contributed by atoms with Crippen molar-refractivity contribution in [2.24, 2.45) is 5.92 Å². The Balaban J connectivity index is 1.76. The standard InChI is InChI=1S/C24H25N3O2S/c1-16(2)11-17-5-7-18(8-6-17)21-15-30-24(27-21)19(13-25)14-26-20-9-10-22(28-3)23(12-20)29-4/h5-10,12,14-16,26H,11H2,1-4H3. The van der Waals surface area contributed by atoms with Crippen molar-refractivity contribution < 1.29 is 9.47 Å². The lowest BCUT2D eigenvalue weighted by atomic mass is 10.0. The molecule has 0 aliphatic carbocycles. The maximum absolute atomic E-state index is 9.60. The number of anilines is 1. The first-order valence-corrected chi connectivity index (χ1v) is 10.6. The molecule has 5 nitrogen and oxygen atoms in total. The second-order valence-electron chi connectivity index (χ2n) is 7.22. The van der Waals surface area contributed by atoms with Crippen LogP contribution in [0.4, 0.5) is 5.69 Å². The fraction of sp³-hybridized carbons (Fsp3) is 0.250. The molecule has 0 fully saturated rings. The van der Waals surface area contributed by atoms with E-state index in [2.05, 4.69) is 54.5 Å². The van der Waals surface area contributed by atoms with Crippen molar-refractivity contribution in [2.45, 2.75) is 20.3 Å². The van der Waals surface area contributed by atoms with E-state index in [1.165, 1.54) is 16.9 Å². The zero-order valence-corrected chi connectivity index (χ0v) is 18.4. The number of rotatable bonds is 8. The molecule has 3 rings (SSSR count). The zero-order valence-electron chi connectivity index (χ0n) is 17.6. The van der Waals surface area contributed by atoms with Crippen LogP contribution in [-0.4, -0.2) is 19.2 Å². The van der Waals surface area contributed by atoms with Gasteiger partial charge in [0.25, 0.3) is 0 Å². The van der Waals surface area contributed by atoms with E-state index in [0.29, 0.717) is 28.0 Å². The van der Waals surface area contributed by atoms with Crippen molar-refractivity contribution >= 4 is 22.6 Å². The third-order valence-electron chi connectivity index (χ3n) is 4.52. The normalized spacial score (nSPS) is 11.3. The van der Waals surface area contributed by atoms with E-state index < -0.39 is 0 Å². The van der Waals surface area contributed by atoms with Crippen molar-refractivity contribution in [3.8, 4) is 28.8 Å². The molecule has 1 aromatic heterocycles. The summed E-state index contributed by atoms with van der Waals surface area (Å²) < 4.78 is 10.6. The molecule has 1 heterocycles. The van der Waals surface area contributed by atoms with Crippen LogP contribution in [0.2, 0.25) is 0 Å². The smallest absolute Gasteiger partial charge is 0.162 e. The number of benzene rings is 2. The van der Waals surface area contributed by atoms with Gasteiger partial charge in [-0.1, -0.05) is 38.1 Å². The predicted molar refractivity (Wildman–Crippen MR) is 123 cm³/mol. The summed E-state index contributed by atoms with van der Waals surface area (Å²) in [7, 11) is 3.18. The number of aromatic nitrogens is 1. The Morgan fingerprint density at radius 3 is 2.50 bits per heavy atom. The van der Waals surface area contributed by atoms with E-state index in [0.717, 1.165) is 23.4 Å². The largest absolute Gasteiger partial charge is 0.493 e. The maximum atomic E-state index is 9.60. The van der Waals surface area contributed by atoms with Gasteiger partial charge in [0, 0.05) is 28.9 Å². The average molecular weight is 420 g/mol. The first kappa shape index (κ1) is 21.4. The Morgan fingerprint density at radius 1 is 1.13 bits per heavy atom. The number of nitrogens with zero attached hydrogens (tertiary/aromatic N) is 2. The molecular weight excluding hydrogens is 394 g/mol. The van der Waals surface area contributed by atoms with E-state index in [1.807, 2.05) is 23.6 Å². The minimum Gasteiger partial charge on any atom is -0.493 e. The quantitative estimate of drug-likeness (QED) is 0.453. The minimum atomic E-state index is 0.470. The van der Waals surface area contributed by atoms with Gasteiger partial charge in [0.2, 0.25) is 0 Å². The Morgan fingerprint density at radius 2 is 1.87 bits per heavy atom.